The monoisotopic (exact) mass is 398 g/mol. The minimum absolute atomic E-state index is 0.151. The van der Waals surface area contributed by atoms with E-state index in [9.17, 15) is 21.6 Å². The molecule has 2 heterocycles. The van der Waals surface area contributed by atoms with Gasteiger partial charge >= 0.3 is 6.36 Å². The second kappa shape index (κ2) is 7.41. The summed E-state index contributed by atoms with van der Waals surface area (Å²) < 4.78 is 73.1. The Labute approximate surface area is 152 Å². The standard InChI is InChI=1S/C17H13F3N2O4S/c18-17(19,20)26-15-3-1-2-4-16(15)27(23,24)22-10-12-5-6-14(21-9-12)13-7-8-25-11-13/h1-9,11,22H,10H2. The van der Waals surface area contributed by atoms with Crippen LogP contribution in [-0.4, -0.2) is 19.8 Å². The van der Waals surface area contributed by atoms with Crippen molar-refractivity contribution >= 4 is 10.0 Å². The Bertz CT molecular complexity index is 1000. The van der Waals surface area contributed by atoms with Gasteiger partial charge in [-0.25, -0.2) is 13.1 Å². The summed E-state index contributed by atoms with van der Waals surface area (Å²) in [6.45, 7) is -0.151. The van der Waals surface area contributed by atoms with Crippen molar-refractivity contribution in [3.63, 3.8) is 0 Å². The van der Waals surface area contributed by atoms with Crippen LogP contribution >= 0.6 is 0 Å². The number of ether oxygens (including phenoxy) is 1. The van der Waals surface area contributed by atoms with Crippen LogP contribution in [0.15, 0.2) is 70.5 Å². The number of pyridine rings is 1. The minimum atomic E-state index is -5.00. The van der Waals surface area contributed by atoms with Crippen LogP contribution in [0.5, 0.6) is 5.75 Å². The third-order valence-electron chi connectivity index (χ3n) is 3.47. The first-order valence-corrected chi connectivity index (χ1v) is 9.05. The molecule has 0 radical (unpaired) electrons. The molecular weight excluding hydrogens is 385 g/mol. The summed E-state index contributed by atoms with van der Waals surface area (Å²) in [4.78, 5) is 3.59. The lowest BCUT2D eigenvalue weighted by molar-refractivity contribution is -0.275. The quantitative estimate of drug-likeness (QED) is 0.685. The summed E-state index contributed by atoms with van der Waals surface area (Å²) in [7, 11) is -4.23. The van der Waals surface area contributed by atoms with Gasteiger partial charge in [0.2, 0.25) is 10.0 Å². The molecule has 1 aromatic carbocycles. The SMILES string of the molecule is O=S(=O)(NCc1ccc(-c2ccoc2)nc1)c1ccccc1OC(F)(F)F. The zero-order chi connectivity index (χ0) is 19.5. The highest BCUT2D eigenvalue weighted by atomic mass is 32.2. The van der Waals surface area contributed by atoms with Gasteiger partial charge in [0.15, 0.2) is 0 Å². The zero-order valence-corrected chi connectivity index (χ0v) is 14.4. The molecule has 0 fully saturated rings. The van der Waals surface area contributed by atoms with Gasteiger partial charge in [-0.15, -0.1) is 13.2 Å². The van der Waals surface area contributed by atoms with Crippen molar-refractivity contribution in [3.8, 4) is 17.0 Å². The lowest BCUT2D eigenvalue weighted by Gasteiger charge is -2.14. The summed E-state index contributed by atoms with van der Waals surface area (Å²) >= 11 is 0. The molecule has 3 rings (SSSR count). The van der Waals surface area contributed by atoms with Crippen molar-refractivity contribution in [1.29, 1.82) is 0 Å². The van der Waals surface area contributed by atoms with E-state index in [4.69, 9.17) is 4.42 Å². The summed E-state index contributed by atoms with van der Waals surface area (Å²) in [6.07, 6.45) is -0.525. The van der Waals surface area contributed by atoms with E-state index >= 15 is 0 Å². The predicted molar refractivity (Wildman–Crippen MR) is 89.1 cm³/mol. The molecule has 2 aromatic heterocycles. The summed E-state index contributed by atoms with van der Waals surface area (Å²) in [5, 5.41) is 0. The zero-order valence-electron chi connectivity index (χ0n) is 13.6. The number of rotatable bonds is 6. The van der Waals surface area contributed by atoms with Gasteiger partial charge < -0.3 is 9.15 Å². The van der Waals surface area contributed by atoms with Gasteiger partial charge in [-0.2, -0.15) is 0 Å². The smallest absolute Gasteiger partial charge is 0.472 e. The molecule has 0 amide bonds. The maximum atomic E-state index is 12.5. The van der Waals surface area contributed by atoms with E-state index in [-0.39, 0.29) is 6.54 Å². The molecule has 0 aliphatic carbocycles. The molecule has 1 N–H and O–H groups in total. The Kier molecular flexibility index (Phi) is 5.19. The molecule has 0 spiro atoms. The number of sulfonamides is 1. The molecule has 10 heteroatoms. The highest BCUT2D eigenvalue weighted by Crippen LogP contribution is 2.29. The number of nitrogens with zero attached hydrogens (tertiary/aromatic N) is 1. The van der Waals surface area contributed by atoms with Crippen LogP contribution in [0.25, 0.3) is 11.3 Å². The maximum absolute atomic E-state index is 12.5. The van der Waals surface area contributed by atoms with Crippen LogP contribution < -0.4 is 9.46 Å². The van der Waals surface area contributed by atoms with E-state index in [1.807, 2.05) is 0 Å². The molecule has 27 heavy (non-hydrogen) atoms. The van der Waals surface area contributed by atoms with Gasteiger partial charge in [0.1, 0.15) is 10.6 Å². The first-order valence-electron chi connectivity index (χ1n) is 7.56. The molecule has 3 aromatic rings. The van der Waals surface area contributed by atoms with Crippen LogP contribution in [0.2, 0.25) is 0 Å². The van der Waals surface area contributed by atoms with Gasteiger partial charge in [-0.1, -0.05) is 18.2 Å². The number of halogens is 3. The summed E-state index contributed by atoms with van der Waals surface area (Å²) in [5.74, 6) is -0.800. The Morgan fingerprint density at radius 2 is 1.89 bits per heavy atom. The fourth-order valence-corrected chi connectivity index (χ4v) is 3.39. The van der Waals surface area contributed by atoms with E-state index in [2.05, 4.69) is 14.4 Å². The maximum Gasteiger partial charge on any atom is 0.573 e. The molecule has 0 atom stereocenters. The molecule has 0 aliphatic rings. The van der Waals surface area contributed by atoms with E-state index < -0.39 is 27.0 Å². The molecule has 6 nitrogen and oxygen atoms in total. The Balaban J connectivity index is 1.74. The summed E-state index contributed by atoms with van der Waals surface area (Å²) in [5.41, 5.74) is 1.93. The van der Waals surface area contributed by atoms with Crippen molar-refractivity contribution in [2.24, 2.45) is 0 Å². The fraction of sp³-hybridized carbons (Fsp3) is 0.118. The topological polar surface area (TPSA) is 81.4 Å². The molecule has 0 saturated carbocycles. The van der Waals surface area contributed by atoms with Crippen molar-refractivity contribution < 1.29 is 30.7 Å². The summed E-state index contributed by atoms with van der Waals surface area (Å²) in [6, 6.07) is 9.57. The number of benzene rings is 1. The molecular formula is C17H13F3N2O4S. The van der Waals surface area contributed by atoms with E-state index in [1.54, 1.807) is 18.2 Å². The highest BCUT2D eigenvalue weighted by molar-refractivity contribution is 7.89. The van der Waals surface area contributed by atoms with Crippen molar-refractivity contribution in [1.82, 2.24) is 9.71 Å². The second-order valence-electron chi connectivity index (χ2n) is 5.38. The van der Waals surface area contributed by atoms with Gasteiger partial charge in [-0.05, 0) is 29.8 Å². The lowest BCUT2D eigenvalue weighted by Crippen LogP contribution is -2.25. The molecule has 0 bridgehead atoms. The van der Waals surface area contributed by atoms with Crippen LogP contribution in [0.4, 0.5) is 13.2 Å². The number of hydrogen-bond donors (Lipinski definition) is 1. The fourth-order valence-electron chi connectivity index (χ4n) is 2.25. The van der Waals surface area contributed by atoms with Gasteiger partial charge in [0, 0.05) is 18.3 Å². The van der Waals surface area contributed by atoms with Crippen molar-refractivity contribution in [3.05, 3.63) is 66.8 Å². The second-order valence-corrected chi connectivity index (χ2v) is 7.12. The minimum Gasteiger partial charge on any atom is -0.472 e. The number of aromatic nitrogens is 1. The Morgan fingerprint density at radius 1 is 1.11 bits per heavy atom. The molecule has 0 unspecified atom stereocenters. The average molecular weight is 398 g/mol. The Morgan fingerprint density at radius 3 is 2.52 bits per heavy atom. The molecule has 0 saturated heterocycles. The predicted octanol–water partition coefficient (Wildman–Crippen LogP) is 3.72. The van der Waals surface area contributed by atoms with Crippen molar-refractivity contribution in [2.45, 2.75) is 17.8 Å². The van der Waals surface area contributed by atoms with E-state index in [0.717, 1.165) is 17.7 Å². The van der Waals surface area contributed by atoms with E-state index in [0.29, 0.717) is 11.3 Å². The largest absolute Gasteiger partial charge is 0.573 e. The number of alkyl halides is 3. The van der Waals surface area contributed by atoms with Crippen LogP contribution in [-0.2, 0) is 16.6 Å². The number of furan rings is 1. The van der Waals surface area contributed by atoms with Gasteiger partial charge in [0.05, 0.1) is 18.2 Å². The van der Waals surface area contributed by atoms with Crippen LogP contribution in [0, 0.1) is 0 Å². The Hall–Kier alpha value is -2.85. The van der Waals surface area contributed by atoms with Gasteiger partial charge in [-0.3, -0.25) is 4.98 Å². The number of nitrogens with one attached hydrogen (secondary N) is 1. The van der Waals surface area contributed by atoms with Crippen LogP contribution in [0.3, 0.4) is 0 Å². The lowest BCUT2D eigenvalue weighted by atomic mass is 10.2. The highest BCUT2D eigenvalue weighted by Gasteiger charge is 2.33. The van der Waals surface area contributed by atoms with Gasteiger partial charge in [0.25, 0.3) is 0 Å². The third kappa shape index (κ3) is 4.86. The third-order valence-corrected chi connectivity index (χ3v) is 4.91. The number of hydrogen-bond acceptors (Lipinski definition) is 5. The average Bonchev–Trinajstić information content (AvgIpc) is 3.14. The van der Waals surface area contributed by atoms with Crippen LogP contribution in [0.1, 0.15) is 5.56 Å². The normalized spacial score (nSPS) is 12.1. The first kappa shape index (κ1) is 18.9. The molecule has 142 valence electrons. The number of para-hydroxylation sites is 1. The van der Waals surface area contributed by atoms with E-state index in [1.165, 1.54) is 30.9 Å². The molecule has 0 aliphatic heterocycles. The van der Waals surface area contributed by atoms with Crippen molar-refractivity contribution in [2.75, 3.05) is 0 Å². The first-order chi connectivity index (χ1) is 12.7.